The number of ketones is 2. The van der Waals surface area contributed by atoms with Gasteiger partial charge in [-0.3, -0.25) is 9.59 Å². The normalized spacial score (nSPS) is 10.9. The van der Waals surface area contributed by atoms with Gasteiger partial charge in [0.25, 0.3) is 0 Å². The summed E-state index contributed by atoms with van der Waals surface area (Å²) in [5.74, 6) is 2.23. The SMILES string of the molecule is CC(=O)COc1cc(Cl)c(Cc2ccc(O)c(C(C)C)c2)c(Br)c1.CCC(=O)COc1cc(Cl)c(Cc2ccc(O)c(C(C)C)c2)c(Br)c1. The fourth-order valence-electron chi connectivity index (χ4n) is 4.88. The molecule has 0 atom stereocenters. The van der Waals surface area contributed by atoms with Gasteiger partial charge in [-0.1, -0.05) is 114 Å². The second kappa shape index (κ2) is 18.8. The number of hydrogen-bond acceptors (Lipinski definition) is 6. The topological polar surface area (TPSA) is 93.1 Å². The van der Waals surface area contributed by atoms with Gasteiger partial charge in [0.05, 0.1) is 0 Å². The van der Waals surface area contributed by atoms with E-state index in [1.54, 1.807) is 31.2 Å². The average Bonchev–Trinajstić information content (AvgIpc) is 3.03. The number of benzene rings is 4. The van der Waals surface area contributed by atoms with E-state index in [2.05, 4.69) is 31.9 Å². The van der Waals surface area contributed by atoms with E-state index in [9.17, 15) is 19.8 Å². The van der Waals surface area contributed by atoms with Crippen LogP contribution in [0.4, 0.5) is 0 Å². The van der Waals surface area contributed by atoms with Crippen LogP contribution in [0.15, 0.2) is 69.6 Å². The minimum atomic E-state index is -0.0448. The van der Waals surface area contributed by atoms with Crippen molar-refractivity contribution >= 4 is 66.6 Å². The van der Waals surface area contributed by atoms with Gasteiger partial charge in [0, 0.05) is 38.3 Å². The van der Waals surface area contributed by atoms with Gasteiger partial charge in [0.1, 0.15) is 36.2 Å². The third-order valence-electron chi connectivity index (χ3n) is 7.66. The van der Waals surface area contributed by atoms with Crippen LogP contribution in [0.25, 0.3) is 0 Å². The Morgan fingerprint density at radius 2 is 1.10 bits per heavy atom. The second-order valence-corrected chi connectivity index (χ2v) is 14.9. The van der Waals surface area contributed by atoms with Gasteiger partial charge >= 0.3 is 0 Å². The van der Waals surface area contributed by atoms with E-state index in [4.69, 9.17) is 32.7 Å². The molecule has 6 nitrogen and oxygen atoms in total. The van der Waals surface area contributed by atoms with Crippen LogP contribution < -0.4 is 9.47 Å². The predicted octanol–water partition coefficient (Wildman–Crippen LogP) is 11.4. The van der Waals surface area contributed by atoms with Crippen LogP contribution in [-0.4, -0.2) is 35.0 Å². The molecular formula is C39H42Br2Cl2O6. The maximum atomic E-state index is 11.4. The molecule has 0 saturated heterocycles. The molecule has 0 amide bonds. The zero-order valence-corrected chi connectivity index (χ0v) is 33.2. The van der Waals surface area contributed by atoms with E-state index >= 15 is 0 Å². The monoisotopic (exact) mass is 834 g/mol. The van der Waals surface area contributed by atoms with Crippen molar-refractivity contribution in [1.82, 2.24) is 0 Å². The highest BCUT2D eigenvalue weighted by Gasteiger charge is 2.15. The lowest BCUT2D eigenvalue weighted by atomic mass is 9.96. The van der Waals surface area contributed by atoms with Crippen molar-refractivity contribution in [3.8, 4) is 23.0 Å². The Morgan fingerprint density at radius 1 is 0.694 bits per heavy atom. The molecule has 4 aromatic rings. The number of aromatic hydroxyl groups is 2. The van der Waals surface area contributed by atoms with Crippen molar-refractivity contribution in [1.29, 1.82) is 0 Å². The first kappa shape index (κ1) is 40.4. The highest BCUT2D eigenvalue weighted by molar-refractivity contribution is 9.10. The molecular weight excluding hydrogens is 795 g/mol. The number of carbonyl (C=O) groups excluding carboxylic acids is 2. The van der Waals surface area contributed by atoms with E-state index in [1.807, 2.05) is 64.1 Å². The third kappa shape index (κ3) is 12.1. The Kier molecular flexibility index (Phi) is 15.5. The molecule has 0 saturated carbocycles. The minimum absolute atomic E-state index is 0.0256. The van der Waals surface area contributed by atoms with Crippen LogP contribution >= 0.6 is 55.1 Å². The summed E-state index contributed by atoms with van der Waals surface area (Å²) in [5.41, 5.74) is 5.85. The fourth-order valence-corrected chi connectivity index (χ4v) is 6.82. The van der Waals surface area contributed by atoms with E-state index in [0.29, 0.717) is 52.3 Å². The first-order valence-corrected chi connectivity index (χ1v) is 18.3. The zero-order chi connectivity index (χ0) is 36.4. The number of Topliss-reactive ketones (excluding diaryl/α,β-unsaturated/α-hetero) is 2. The molecule has 4 aromatic carbocycles. The summed E-state index contributed by atoms with van der Waals surface area (Å²) in [6.45, 7) is 11.5. The van der Waals surface area contributed by atoms with E-state index in [-0.39, 0.29) is 36.6 Å². The number of hydrogen-bond donors (Lipinski definition) is 2. The summed E-state index contributed by atoms with van der Waals surface area (Å²) in [4.78, 5) is 22.4. The number of ether oxygens (including phenoxy) is 2. The summed E-state index contributed by atoms with van der Waals surface area (Å²) in [7, 11) is 0. The molecule has 262 valence electrons. The molecule has 0 bridgehead atoms. The Bertz CT molecular complexity index is 1740. The first-order valence-electron chi connectivity index (χ1n) is 16.0. The molecule has 0 aromatic heterocycles. The Balaban J connectivity index is 0.000000266. The molecule has 49 heavy (non-hydrogen) atoms. The molecule has 0 aliphatic rings. The van der Waals surface area contributed by atoms with Gasteiger partial charge < -0.3 is 19.7 Å². The first-order chi connectivity index (χ1) is 23.1. The van der Waals surface area contributed by atoms with Gasteiger partial charge in [-0.2, -0.15) is 0 Å². The fraction of sp³-hybridized carbons (Fsp3) is 0.333. The average molecular weight is 837 g/mol. The number of carbonyl (C=O) groups is 2. The molecule has 10 heteroatoms. The predicted molar refractivity (Wildman–Crippen MR) is 205 cm³/mol. The van der Waals surface area contributed by atoms with Crippen molar-refractivity contribution in [2.45, 2.75) is 72.6 Å². The summed E-state index contributed by atoms with van der Waals surface area (Å²) >= 11 is 19.9. The summed E-state index contributed by atoms with van der Waals surface area (Å²) < 4.78 is 12.6. The maximum Gasteiger partial charge on any atom is 0.169 e. The summed E-state index contributed by atoms with van der Waals surface area (Å²) in [5, 5.41) is 21.1. The number of halogens is 4. The Morgan fingerprint density at radius 3 is 1.45 bits per heavy atom. The van der Waals surface area contributed by atoms with E-state index in [1.165, 1.54) is 6.92 Å². The van der Waals surface area contributed by atoms with Crippen LogP contribution in [0.1, 0.15) is 93.2 Å². The van der Waals surface area contributed by atoms with Crippen molar-refractivity contribution in [2.24, 2.45) is 0 Å². The van der Waals surface area contributed by atoms with Gasteiger partial charge in [-0.15, -0.1) is 0 Å². The number of phenols is 2. The minimum Gasteiger partial charge on any atom is -0.508 e. The maximum absolute atomic E-state index is 11.4. The zero-order valence-electron chi connectivity index (χ0n) is 28.5. The van der Waals surface area contributed by atoms with Crippen molar-refractivity contribution in [3.05, 3.63) is 113 Å². The van der Waals surface area contributed by atoms with Gasteiger partial charge in [-0.25, -0.2) is 0 Å². The molecule has 0 radical (unpaired) electrons. The smallest absolute Gasteiger partial charge is 0.169 e. The highest BCUT2D eigenvalue weighted by Crippen LogP contribution is 2.36. The Hall–Kier alpha value is -3.04. The second-order valence-electron chi connectivity index (χ2n) is 12.4. The van der Waals surface area contributed by atoms with Gasteiger partial charge in [-0.05, 0) is 88.5 Å². The largest absolute Gasteiger partial charge is 0.508 e. The summed E-state index contributed by atoms with van der Waals surface area (Å²) in [6.07, 6.45) is 1.71. The quantitative estimate of drug-likeness (QED) is 0.139. The molecule has 4 rings (SSSR count). The Labute approximate surface area is 316 Å². The lowest BCUT2D eigenvalue weighted by Gasteiger charge is -2.14. The van der Waals surface area contributed by atoms with Gasteiger partial charge in [0.15, 0.2) is 11.6 Å². The lowest BCUT2D eigenvalue weighted by Crippen LogP contribution is -2.09. The van der Waals surface area contributed by atoms with Crippen LogP contribution in [0, 0.1) is 0 Å². The van der Waals surface area contributed by atoms with Crippen molar-refractivity contribution in [3.63, 3.8) is 0 Å². The standard InChI is InChI=1S/C20H22BrClO3.C19H20BrClO3/c1-4-14(23)11-25-15-9-18(21)17(19(22)10-15)8-13-5-6-20(24)16(7-13)12(2)3;1-11(2)15-6-13(4-5-19(15)23)7-16-17(20)8-14(9-18(16)21)24-10-12(3)22/h5-7,9-10,12,24H,4,8,11H2,1-3H3;4-6,8-9,11,23H,7,10H2,1-3H3. The van der Waals surface area contributed by atoms with Gasteiger partial charge in [0.2, 0.25) is 0 Å². The van der Waals surface area contributed by atoms with Crippen LogP contribution in [-0.2, 0) is 22.4 Å². The van der Waals surface area contributed by atoms with Crippen LogP contribution in [0.2, 0.25) is 10.0 Å². The van der Waals surface area contributed by atoms with Crippen LogP contribution in [0.3, 0.4) is 0 Å². The lowest BCUT2D eigenvalue weighted by molar-refractivity contribution is -0.121. The molecule has 0 aliphatic heterocycles. The van der Waals surface area contributed by atoms with E-state index in [0.717, 1.165) is 42.3 Å². The third-order valence-corrected chi connectivity index (χ3v) is 9.74. The molecule has 2 N–H and O–H groups in total. The molecule has 0 heterocycles. The van der Waals surface area contributed by atoms with Crippen LogP contribution in [0.5, 0.6) is 23.0 Å². The van der Waals surface area contributed by atoms with Crippen molar-refractivity contribution < 1.29 is 29.3 Å². The molecule has 0 spiro atoms. The van der Waals surface area contributed by atoms with E-state index < -0.39 is 0 Å². The molecule has 0 unspecified atom stereocenters. The van der Waals surface area contributed by atoms with Crippen molar-refractivity contribution in [2.75, 3.05) is 13.2 Å². The molecule has 0 fully saturated rings. The highest BCUT2D eigenvalue weighted by atomic mass is 79.9. The summed E-state index contributed by atoms with van der Waals surface area (Å²) in [6, 6.07) is 18.3. The number of rotatable bonds is 13. The molecule has 0 aliphatic carbocycles. The number of phenolic OH excluding ortho intramolecular Hbond substituents is 2.